The van der Waals surface area contributed by atoms with E-state index < -0.39 is 53.6 Å². The summed E-state index contributed by atoms with van der Waals surface area (Å²) in [5.74, 6) is -2.86. The molecule has 1 aliphatic heterocycles. The van der Waals surface area contributed by atoms with Crippen molar-refractivity contribution in [2.45, 2.75) is 72.1 Å². The third kappa shape index (κ3) is 9.75. The number of para-hydroxylation sites is 1. The standard InChI is InChI=1S/C38H50N10O6S/c1-8-48-24(5)27(18-40-48)37(53)47-14-13-45(6)36(52)23(4)41-32(49)19-46(7)38(54)30(16-25-17-39-28-12-10-9-11-26(25)28)43-34(51)31-21-55-35(44-31)29(15-22(2)3)42-33(50)20-47/h9-12,17-18,21-23,29-30,39H,8,13-16,19-20H2,1-7H3,(H,41,49)(H,42,50)(H,43,51)/t23-,29-,30+/m0/s1. The van der Waals surface area contributed by atoms with Crippen LogP contribution < -0.4 is 16.0 Å². The van der Waals surface area contributed by atoms with Gasteiger partial charge in [-0.15, -0.1) is 11.3 Å². The molecular weight excluding hydrogens is 725 g/mol. The molecule has 17 heteroatoms. The van der Waals surface area contributed by atoms with Crippen molar-refractivity contribution < 1.29 is 28.8 Å². The van der Waals surface area contributed by atoms with Gasteiger partial charge in [-0.05, 0) is 44.7 Å². The van der Waals surface area contributed by atoms with Crippen LogP contribution in [0.1, 0.15) is 77.3 Å². The number of nitrogens with zero attached hydrogens (tertiary/aromatic N) is 6. The van der Waals surface area contributed by atoms with Gasteiger partial charge >= 0.3 is 0 Å². The van der Waals surface area contributed by atoms with Crippen LogP contribution in [0.5, 0.6) is 0 Å². The van der Waals surface area contributed by atoms with Crippen LogP contribution in [-0.2, 0) is 32.1 Å². The summed E-state index contributed by atoms with van der Waals surface area (Å²) in [6.07, 6.45) is 3.88. The highest BCUT2D eigenvalue weighted by Crippen LogP contribution is 2.26. The van der Waals surface area contributed by atoms with Gasteiger partial charge in [-0.25, -0.2) is 4.98 Å². The first-order chi connectivity index (χ1) is 26.2. The smallest absolute Gasteiger partial charge is 0.271 e. The minimum Gasteiger partial charge on any atom is -0.361 e. The molecule has 4 heterocycles. The molecule has 1 aliphatic rings. The number of nitrogens with one attached hydrogen (secondary N) is 4. The molecule has 3 aromatic heterocycles. The molecule has 0 saturated carbocycles. The van der Waals surface area contributed by atoms with Crippen molar-refractivity contribution in [3.63, 3.8) is 0 Å². The predicted molar refractivity (Wildman–Crippen MR) is 207 cm³/mol. The van der Waals surface area contributed by atoms with Crippen LogP contribution in [0.15, 0.2) is 42.0 Å². The zero-order chi connectivity index (χ0) is 40.0. The van der Waals surface area contributed by atoms with Crippen LogP contribution in [0, 0.1) is 12.8 Å². The number of aromatic amines is 1. The quantitative estimate of drug-likeness (QED) is 0.229. The average Bonchev–Trinajstić information content (AvgIpc) is 3.90. The van der Waals surface area contributed by atoms with Crippen molar-refractivity contribution >= 4 is 57.7 Å². The molecule has 294 valence electrons. The number of thiazole rings is 1. The van der Waals surface area contributed by atoms with Crippen molar-refractivity contribution in [2.75, 3.05) is 40.3 Å². The number of H-pyrrole nitrogens is 1. The number of hydrogen-bond acceptors (Lipinski definition) is 9. The molecule has 4 aromatic rings. The summed E-state index contributed by atoms with van der Waals surface area (Å²) >= 11 is 1.21. The fourth-order valence-electron chi connectivity index (χ4n) is 6.63. The molecule has 0 radical (unpaired) electrons. The number of fused-ring (bicyclic) bond motifs is 3. The van der Waals surface area contributed by atoms with Crippen LogP contribution in [0.2, 0.25) is 0 Å². The number of likely N-dealkylation sites (N-methyl/N-ethyl adjacent to an activating group) is 2. The third-order valence-corrected chi connectivity index (χ3v) is 10.6. The van der Waals surface area contributed by atoms with E-state index in [9.17, 15) is 28.8 Å². The van der Waals surface area contributed by atoms with E-state index in [1.807, 2.05) is 45.0 Å². The molecule has 55 heavy (non-hydrogen) atoms. The van der Waals surface area contributed by atoms with Gasteiger partial charge in [0.1, 0.15) is 22.8 Å². The number of aromatic nitrogens is 4. The molecule has 1 aromatic carbocycles. The highest BCUT2D eigenvalue weighted by atomic mass is 32.1. The maximum Gasteiger partial charge on any atom is 0.271 e. The first-order valence-corrected chi connectivity index (χ1v) is 19.3. The van der Waals surface area contributed by atoms with Gasteiger partial charge in [0, 0.05) is 68.3 Å². The largest absolute Gasteiger partial charge is 0.361 e. The Hall–Kier alpha value is -5.58. The minimum absolute atomic E-state index is 0.0113. The Balaban J connectivity index is 1.47. The molecule has 16 nitrogen and oxygen atoms in total. The van der Waals surface area contributed by atoms with E-state index in [2.05, 4.69) is 31.0 Å². The summed E-state index contributed by atoms with van der Waals surface area (Å²) < 4.78 is 1.69. The van der Waals surface area contributed by atoms with Crippen LogP contribution in [0.4, 0.5) is 0 Å². The monoisotopic (exact) mass is 774 g/mol. The van der Waals surface area contributed by atoms with Crippen molar-refractivity contribution in [3.8, 4) is 0 Å². The van der Waals surface area contributed by atoms with Gasteiger partial charge in [0.25, 0.3) is 11.8 Å². The van der Waals surface area contributed by atoms with E-state index in [0.29, 0.717) is 29.2 Å². The zero-order valence-electron chi connectivity index (χ0n) is 32.3. The highest BCUT2D eigenvalue weighted by molar-refractivity contribution is 7.09. The highest BCUT2D eigenvalue weighted by Gasteiger charge is 2.31. The van der Waals surface area contributed by atoms with E-state index in [4.69, 9.17) is 0 Å². The lowest BCUT2D eigenvalue weighted by Gasteiger charge is -2.28. The molecule has 0 unspecified atom stereocenters. The lowest BCUT2D eigenvalue weighted by molar-refractivity contribution is -0.138. The van der Waals surface area contributed by atoms with Crippen molar-refractivity contribution in [1.82, 2.24) is 50.4 Å². The van der Waals surface area contributed by atoms with E-state index in [1.165, 1.54) is 46.2 Å². The van der Waals surface area contributed by atoms with Crippen LogP contribution in [0.3, 0.4) is 0 Å². The second-order valence-electron chi connectivity index (χ2n) is 14.3. The zero-order valence-corrected chi connectivity index (χ0v) is 33.2. The second-order valence-corrected chi connectivity index (χ2v) is 15.2. The van der Waals surface area contributed by atoms with E-state index in [0.717, 1.165) is 16.5 Å². The molecular formula is C38H50N10O6S. The number of rotatable bonds is 6. The van der Waals surface area contributed by atoms with Crippen molar-refractivity contribution in [2.24, 2.45) is 5.92 Å². The van der Waals surface area contributed by atoms with Crippen LogP contribution in [-0.4, -0.2) is 122 Å². The molecule has 0 spiro atoms. The first kappa shape index (κ1) is 40.6. The van der Waals surface area contributed by atoms with Gasteiger partial charge in [0.2, 0.25) is 23.6 Å². The Morgan fingerprint density at radius 3 is 2.38 bits per heavy atom. The number of carbonyl (C=O) groups is 6. The van der Waals surface area contributed by atoms with Gasteiger partial charge < -0.3 is 35.6 Å². The summed E-state index contributed by atoms with van der Waals surface area (Å²) in [6.45, 7) is 9.16. The molecule has 0 aliphatic carbocycles. The molecule has 4 N–H and O–H groups in total. The van der Waals surface area contributed by atoms with E-state index in [-0.39, 0.29) is 44.2 Å². The lowest BCUT2D eigenvalue weighted by atomic mass is 10.0. The summed E-state index contributed by atoms with van der Waals surface area (Å²) in [6, 6.07) is 4.98. The number of benzene rings is 1. The topological polar surface area (TPSA) is 195 Å². The Kier molecular flexibility index (Phi) is 13.1. The van der Waals surface area contributed by atoms with E-state index >= 15 is 0 Å². The first-order valence-electron chi connectivity index (χ1n) is 18.4. The van der Waals surface area contributed by atoms with Gasteiger partial charge in [-0.2, -0.15) is 5.10 Å². The second kappa shape index (κ2) is 17.7. The normalized spacial score (nSPS) is 20.0. The molecule has 2 bridgehead atoms. The van der Waals surface area contributed by atoms with Gasteiger partial charge in [-0.1, -0.05) is 32.0 Å². The number of amides is 6. The fourth-order valence-corrected chi connectivity index (χ4v) is 7.49. The number of carbonyl (C=O) groups excluding carboxylic acids is 6. The van der Waals surface area contributed by atoms with Crippen LogP contribution in [0.25, 0.3) is 10.9 Å². The van der Waals surface area contributed by atoms with Crippen molar-refractivity contribution in [1.29, 1.82) is 0 Å². The summed E-state index contributed by atoms with van der Waals surface area (Å²) in [4.78, 5) is 93.8. The molecule has 3 atom stereocenters. The number of hydrogen-bond donors (Lipinski definition) is 4. The maximum absolute atomic E-state index is 14.0. The predicted octanol–water partition coefficient (Wildman–Crippen LogP) is 2.27. The van der Waals surface area contributed by atoms with Crippen molar-refractivity contribution in [3.05, 3.63) is 69.6 Å². The molecule has 0 fully saturated rings. The Morgan fingerprint density at radius 2 is 1.67 bits per heavy atom. The fraction of sp³-hybridized carbons (Fsp3) is 0.474. The minimum atomic E-state index is -1.07. The lowest BCUT2D eigenvalue weighted by Crippen LogP contribution is -2.53. The average molecular weight is 775 g/mol. The Morgan fingerprint density at radius 1 is 0.945 bits per heavy atom. The van der Waals surface area contributed by atoms with E-state index in [1.54, 1.807) is 30.2 Å². The molecule has 0 saturated heterocycles. The Bertz CT molecular complexity index is 2050. The van der Waals surface area contributed by atoms with Gasteiger partial charge in [0.05, 0.1) is 30.9 Å². The molecule has 6 amide bonds. The maximum atomic E-state index is 14.0. The van der Waals surface area contributed by atoms with Crippen LogP contribution >= 0.6 is 11.3 Å². The third-order valence-electron chi connectivity index (χ3n) is 9.64. The SMILES string of the molecule is CCn1ncc(C(=O)N2CCN(C)C(=O)[C@H](C)NC(=O)CN(C)C(=O)[C@@H](Cc3c[nH]c4ccccc34)NC(=O)c3csc(n3)[C@H](CC(C)C)NC(=O)C2)c1C. The summed E-state index contributed by atoms with van der Waals surface area (Å²) in [7, 11) is 3.01. The number of aryl methyl sites for hydroxylation is 1. The summed E-state index contributed by atoms with van der Waals surface area (Å²) in [5.41, 5.74) is 2.72. The summed E-state index contributed by atoms with van der Waals surface area (Å²) in [5, 5.41) is 15.8. The Labute approximate surface area is 324 Å². The molecule has 5 rings (SSSR count). The van der Waals surface area contributed by atoms with Gasteiger partial charge in [-0.3, -0.25) is 33.4 Å². The van der Waals surface area contributed by atoms with Gasteiger partial charge in [0.15, 0.2) is 0 Å².